The van der Waals surface area contributed by atoms with Crippen molar-refractivity contribution < 1.29 is 23.2 Å². The van der Waals surface area contributed by atoms with Crippen LogP contribution in [0.3, 0.4) is 0 Å². The number of nitrogens with zero attached hydrogens (tertiary/aromatic N) is 2. The third-order valence-electron chi connectivity index (χ3n) is 5.78. The normalized spacial score (nSPS) is 19.7. The van der Waals surface area contributed by atoms with Gasteiger partial charge in [0.05, 0.1) is 12.7 Å². The zero-order chi connectivity index (χ0) is 22.5. The van der Waals surface area contributed by atoms with Gasteiger partial charge < -0.3 is 10.2 Å². The Balaban J connectivity index is 1.50. The first kappa shape index (κ1) is 19.8. The van der Waals surface area contributed by atoms with E-state index in [1.807, 2.05) is 0 Å². The van der Waals surface area contributed by atoms with Crippen molar-refractivity contribution >= 4 is 17.8 Å². The molecule has 1 aromatic heterocycles. The second kappa shape index (κ2) is 7.23. The van der Waals surface area contributed by atoms with E-state index >= 15 is 0 Å². The molecule has 2 aromatic carbocycles. The number of amides is 4. The molecule has 2 aliphatic rings. The highest BCUT2D eigenvalue weighted by atomic mass is 19.1. The lowest BCUT2D eigenvalue weighted by atomic mass is 9.88. The number of fused-ring (bicyclic) bond motifs is 1. The number of carbonyl (C=O) groups excluding carboxylic acids is 3. The highest BCUT2D eigenvalue weighted by Crippen LogP contribution is 2.33. The van der Waals surface area contributed by atoms with Crippen LogP contribution in [0.5, 0.6) is 0 Å². The largest absolute Gasteiger partial charge is 0.331 e. The minimum atomic E-state index is -1.54. The summed E-state index contributed by atoms with van der Waals surface area (Å²) in [6.07, 6.45) is 2.58. The second-order valence-corrected chi connectivity index (χ2v) is 7.71. The first-order chi connectivity index (χ1) is 15.4. The summed E-state index contributed by atoms with van der Waals surface area (Å²) in [7, 11) is 0. The molecule has 32 heavy (non-hydrogen) atoms. The predicted molar refractivity (Wildman–Crippen MR) is 109 cm³/mol. The molecule has 3 aromatic rings. The second-order valence-electron chi connectivity index (χ2n) is 7.71. The molecule has 0 saturated carbocycles. The van der Waals surface area contributed by atoms with Gasteiger partial charge >= 0.3 is 6.03 Å². The summed E-state index contributed by atoms with van der Waals surface area (Å²) >= 11 is 0. The van der Waals surface area contributed by atoms with E-state index in [0.717, 1.165) is 12.3 Å². The number of imide groups is 1. The van der Waals surface area contributed by atoms with Crippen LogP contribution in [-0.4, -0.2) is 34.3 Å². The summed E-state index contributed by atoms with van der Waals surface area (Å²) in [6.45, 7) is 0.0301. The average molecular weight is 434 g/mol. The molecule has 2 N–H and O–H groups in total. The number of halogens is 2. The van der Waals surface area contributed by atoms with Crippen LogP contribution in [0.2, 0.25) is 0 Å². The van der Waals surface area contributed by atoms with E-state index in [1.54, 1.807) is 24.3 Å². The topological polar surface area (TPSA) is 91.4 Å². The van der Waals surface area contributed by atoms with Gasteiger partial charge in [-0.3, -0.25) is 19.9 Å². The SMILES string of the molecule is O=C1NC(=O)C(CN2Cc3ccc(F)cc3C2=O)(c2ccc(-c3ccncc3F)cc2)N1. The molecule has 1 unspecified atom stereocenters. The van der Waals surface area contributed by atoms with Crippen molar-refractivity contribution in [2.45, 2.75) is 12.1 Å². The summed E-state index contributed by atoms with van der Waals surface area (Å²) in [5.74, 6) is -2.06. The van der Waals surface area contributed by atoms with E-state index in [-0.39, 0.29) is 18.7 Å². The molecule has 1 saturated heterocycles. The Morgan fingerprint density at radius 2 is 1.78 bits per heavy atom. The Morgan fingerprint density at radius 3 is 2.47 bits per heavy atom. The fourth-order valence-corrected chi connectivity index (χ4v) is 4.19. The van der Waals surface area contributed by atoms with Crippen LogP contribution in [0, 0.1) is 11.6 Å². The molecule has 160 valence electrons. The molecule has 9 heteroatoms. The number of hydrogen-bond acceptors (Lipinski definition) is 4. The van der Waals surface area contributed by atoms with Gasteiger partial charge in [0.2, 0.25) is 0 Å². The van der Waals surface area contributed by atoms with Gasteiger partial charge in [-0.25, -0.2) is 13.6 Å². The van der Waals surface area contributed by atoms with Gasteiger partial charge in [-0.15, -0.1) is 0 Å². The summed E-state index contributed by atoms with van der Waals surface area (Å²) in [5, 5.41) is 4.86. The highest BCUT2D eigenvalue weighted by molar-refractivity contribution is 6.08. The van der Waals surface area contributed by atoms with Crippen LogP contribution < -0.4 is 10.6 Å². The Morgan fingerprint density at radius 1 is 1.00 bits per heavy atom. The molecule has 2 aliphatic heterocycles. The van der Waals surface area contributed by atoms with Crippen LogP contribution >= 0.6 is 0 Å². The molecule has 4 amide bonds. The lowest BCUT2D eigenvalue weighted by Gasteiger charge is -2.31. The van der Waals surface area contributed by atoms with Crippen molar-refractivity contribution in [3.8, 4) is 11.1 Å². The Labute approximate surface area is 181 Å². The van der Waals surface area contributed by atoms with Crippen LogP contribution in [0.25, 0.3) is 11.1 Å². The number of aromatic nitrogens is 1. The Bertz CT molecular complexity index is 1280. The van der Waals surface area contributed by atoms with Crippen molar-refractivity contribution in [2.24, 2.45) is 0 Å². The molecule has 0 radical (unpaired) electrons. The van der Waals surface area contributed by atoms with Crippen molar-refractivity contribution in [3.05, 3.63) is 89.2 Å². The maximum Gasteiger partial charge on any atom is 0.322 e. The van der Waals surface area contributed by atoms with E-state index in [2.05, 4.69) is 15.6 Å². The molecule has 7 nitrogen and oxygen atoms in total. The third-order valence-corrected chi connectivity index (χ3v) is 5.78. The lowest BCUT2D eigenvalue weighted by molar-refractivity contribution is -0.124. The quantitative estimate of drug-likeness (QED) is 0.618. The standard InChI is InChI=1S/C23H16F2N4O3/c24-16-6-3-14-11-29(20(30)18(14)9-16)12-23(21(31)27-22(32)28-23)15-4-1-13(2-5-15)17-7-8-26-10-19(17)25/h1-10H,11-12H2,(H2,27,28,31,32). The molecule has 0 bridgehead atoms. The first-order valence-corrected chi connectivity index (χ1v) is 9.79. The maximum atomic E-state index is 14.1. The minimum absolute atomic E-state index is 0.150. The van der Waals surface area contributed by atoms with Crippen LogP contribution in [0.1, 0.15) is 21.5 Å². The number of benzene rings is 2. The number of rotatable bonds is 4. The van der Waals surface area contributed by atoms with Crippen molar-refractivity contribution in [2.75, 3.05) is 6.54 Å². The van der Waals surface area contributed by atoms with E-state index in [9.17, 15) is 23.2 Å². The van der Waals surface area contributed by atoms with Crippen molar-refractivity contribution in [1.82, 2.24) is 20.5 Å². The fraction of sp³-hybridized carbons (Fsp3) is 0.130. The molecule has 5 rings (SSSR count). The number of hydrogen-bond donors (Lipinski definition) is 2. The summed E-state index contributed by atoms with van der Waals surface area (Å²) < 4.78 is 27.7. The number of carbonyl (C=O) groups is 3. The third kappa shape index (κ3) is 3.09. The van der Waals surface area contributed by atoms with E-state index < -0.39 is 35.0 Å². The molecule has 0 spiro atoms. The monoisotopic (exact) mass is 434 g/mol. The van der Waals surface area contributed by atoms with Gasteiger partial charge in [0.1, 0.15) is 11.6 Å². The van der Waals surface area contributed by atoms with Crippen molar-refractivity contribution in [3.63, 3.8) is 0 Å². The fourth-order valence-electron chi connectivity index (χ4n) is 4.19. The zero-order valence-corrected chi connectivity index (χ0v) is 16.6. The summed E-state index contributed by atoms with van der Waals surface area (Å²) in [6, 6.07) is 11.3. The number of urea groups is 1. The van der Waals surface area contributed by atoms with Gasteiger partial charge in [0.25, 0.3) is 11.8 Å². The predicted octanol–water partition coefficient (Wildman–Crippen LogP) is 2.72. The number of pyridine rings is 1. The molecule has 1 atom stereocenters. The van der Waals surface area contributed by atoms with E-state index in [0.29, 0.717) is 22.3 Å². The molecule has 3 heterocycles. The molecule has 1 fully saturated rings. The average Bonchev–Trinajstić information content (AvgIpc) is 3.24. The van der Waals surface area contributed by atoms with Crippen LogP contribution in [0.15, 0.2) is 60.9 Å². The smallest absolute Gasteiger partial charge is 0.322 e. The van der Waals surface area contributed by atoms with Crippen molar-refractivity contribution in [1.29, 1.82) is 0 Å². The van der Waals surface area contributed by atoms with Gasteiger partial charge in [0, 0.05) is 23.9 Å². The van der Waals surface area contributed by atoms with E-state index in [1.165, 1.54) is 29.3 Å². The maximum absolute atomic E-state index is 14.1. The van der Waals surface area contributed by atoms with Gasteiger partial charge in [-0.05, 0) is 34.9 Å². The molecular formula is C23H16F2N4O3. The Kier molecular flexibility index (Phi) is 4.47. The lowest BCUT2D eigenvalue weighted by Crippen LogP contribution is -2.52. The van der Waals surface area contributed by atoms with Gasteiger partial charge in [-0.2, -0.15) is 0 Å². The van der Waals surface area contributed by atoms with Gasteiger partial charge in [-0.1, -0.05) is 30.3 Å². The van der Waals surface area contributed by atoms with E-state index in [4.69, 9.17) is 0 Å². The Hall–Kier alpha value is -4.14. The zero-order valence-electron chi connectivity index (χ0n) is 16.6. The number of nitrogens with one attached hydrogen (secondary N) is 2. The first-order valence-electron chi connectivity index (χ1n) is 9.79. The van der Waals surface area contributed by atoms with Gasteiger partial charge in [0.15, 0.2) is 5.54 Å². The highest BCUT2D eigenvalue weighted by Gasteiger charge is 2.50. The summed E-state index contributed by atoms with van der Waals surface area (Å²) in [4.78, 5) is 42.9. The summed E-state index contributed by atoms with van der Waals surface area (Å²) in [5.41, 5.74) is 0.659. The van der Waals surface area contributed by atoms with Crippen LogP contribution in [0.4, 0.5) is 13.6 Å². The van der Waals surface area contributed by atoms with Crippen LogP contribution in [-0.2, 0) is 16.9 Å². The molecule has 0 aliphatic carbocycles. The minimum Gasteiger partial charge on any atom is -0.331 e. The molecular weight excluding hydrogens is 418 g/mol.